The van der Waals surface area contributed by atoms with Crippen LogP contribution in [0.15, 0.2) is 36.4 Å². The lowest BCUT2D eigenvalue weighted by atomic mass is 10.1. The maximum absolute atomic E-state index is 13.7. The van der Waals surface area contributed by atoms with E-state index in [4.69, 9.17) is 4.74 Å². The number of aryl methyl sites for hydroxylation is 2. The van der Waals surface area contributed by atoms with Gasteiger partial charge >= 0.3 is 0 Å². The van der Waals surface area contributed by atoms with E-state index in [-0.39, 0.29) is 5.56 Å². The number of benzene rings is 2. The van der Waals surface area contributed by atoms with Gasteiger partial charge in [-0.2, -0.15) is 0 Å². The second-order valence-corrected chi connectivity index (χ2v) is 5.14. The largest absolute Gasteiger partial charge is 0.489 e. The molecular weight excluding hydrogens is 255 g/mol. The van der Waals surface area contributed by atoms with Crippen molar-refractivity contribution in [2.24, 2.45) is 0 Å². The smallest absolute Gasteiger partial charge is 0.132 e. The standard InChI is InChI=1S/C17H19FO2/c1-11-6-12(2)8-14(7-11)10-20-15-4-5-16(13(3)19)17(18)9-15/h4-9,13,19H,10H2,1-3H3. The Morgan fingerprint density at radius 3 is 2.30 bits per heavy atom. The Hall–Kier alpha value is -1.87. The molecule has 2 aromatic carbocycles. The van der Waals surface area contributed by atoms with Crippen molar-refractivity contribution in [3.63, 3.8) is 0 Å². The summed E-state index contributed by atoms with van der Waals surface area (Å²) in [7, 11) is 0. The molecule has 0 aliphatic heterocycles. The minimum absolute atomic E-state index is 0.281. The molecule has 0 radical (unpaired) electrons. The first-order chi connectivity index (χ1) is 9.45. The number of halogens is 1. The van der Waals surface area contributed by atoms with Crippen LogP contribution in [0.1, 0.15) is 35.3 Å². The summed E-state index contributed by atoms with van der Waals surface area (Å²) in [6, 6.07) is 10.7. The molecule has 20 heavy (non-hydrogen) atoms. The topological polar surface area (TPSA) is 29.5 Å². The first-order valence-corrected chi connectivity index (χ1v) is 6.63. The molecule has 0 amide bonds. The third-order valence-corrected chi connectivity index (χ3v) is 3.11. The molecule has 0 bridgehead atoms. The Morgan fingerprint density at radius 1 is 1.10 bits per heavy atom. The van der Waals surface area contributed by atoms with Gasteiger partial charge in [0.1, 0.15) is 18.2 Å². The molecule has 0 spiro atoms. The molecule has 106 valence electrons. The third-order valence-electron chi connectivity index (χ3n) is 3.11. The Kier molecular flexibility index (Phi) is 4.40. The maximum Gasteiger partial charge on any atom is 0.132 e. The van der Waals surface area contributed by atoms with Crippen molar-refractivity contribution in [2.75, 3.05) is 0 Å². The Bertz CT molecular complexity index is 586. The summed E-state index contributed by atoms with van der Waals surface area (Å²) in [6.07, 6.45) is -0.816. The highest BCUT2D eigenvalue weighted by Crippen LogP contribution is 2.22. The first-order valence-electron chi connectivity index (χ1n) is 6.63. The molecule has 0 fully saturated rings. The van der Waals surface area contributed by atoms with E-state index in [1.807, 2.05) is 26.0 Å². The summed E-state index contributed by atoms with van der Waals surface area (Å²) in [5.41, 5.74) is 3.70. The number of hydrogen-bond donors (Lipinski definition) is 1. The van der Waals surface area contributed by atoms with E-state index in [1.165, 1.54) is 24.1 Å². The fraction of sp³-hybridized carbons (Fsp3) is 0.294. The van der Waals surface area contributed by atoms with Crippen LogP contribution in [0.3, 0.4) is 0 Å². The normalized spacial score (nSPS) is 12.2. The molecule has 1 unspecified atom stereocenters. The summed E-state index contributed by atoms with van der Waals surface area (Å²) in [5, 5.41) is 9.38. The first kappa shape index (κ1) is 14.5. The lowest BCUT2D eigenvalue weighted by Crippen LogP contribution is -1.99. The van der Waals surface area contributed by atoms with Crippen LogP contribution in [-0.2, 0) is 6.61 Å². The van der Waals surface area contributed by atoms with E-state index < -0.39 is 11.9 Å². The van der Waals surface area contributed by atoms with E-state index >= 15 is 0 Å². The highest BCUT2D eigenvalue weighted by atomic mass is 19.1. The lowest BCUT2D eigenvalue weighted by Gasteiger charge is -2.11. The fourth-order valence-corrected chi connectivity index (χ4v) is 2.26. The van der Waals surface area contributed by atoms with Gasteiger partial charge < -0.3 is 9.84 Å². The van der Waals surface area contributed by atoms with Crippen LogP contribution in [0.25, 0.3) is 0 Å². The van der Waals surface area contributed by atoms with Crippen molar-refractivity contribution >= 4 is 0 Å². The maximum atomic E-state index is 13.7. The van der Waals surface area contributed by atoms with Crippen LogP contribution < -0.4 is 4.74 Å². The summed E-state index contributed by atoms with van der Waals surface area (Å²) in [6.45, 7) is 6.01. The Balaban J connectivity index is 2.09. The zero-order chi connectivity index (χ0) is 14.7. The fourth-order valence-electron chi connectivity index (χ4n) is 2.26. The zero-order valence-corrected chi connectivity index (χ0v) is 12.0. The average Bonchev–Trinajstić information content (AvgIpc) is 2.35. The van der Waals surface area contributed by atoms with E-state index in [2.05, 4.69) is 6.07 Å². The van der Waals surface area contributed by atoms with E-state index in [0.717, 1.165) is 5.56 Å². The van der Waals surface area contributed by atoms with Crippen LogP contribution in [0.2, 0.25) is 0 Å². The van der Waals surface area contributed by atoms with Gasteiger partial charge in [0.15, 0.2) is 0 Å². The molecule has 2 aromatic rings. The molecule has 0 aliphatic carbocycles. The molecule has 3 heteroatoms. The van der Waals surface area contributed by atoms with Gasteiger partial charge in [-0.05, 0) is 38.5 Å². The van der Waals surface area contributed by atoms with Crippen molar-refractivity contribution in [2.45, 2.75) is 33.5 Å². The van der Waals surface area contributed by atoms with Gasteiger partial charge in [0.05, 0.1) is 6.10 Å². The highest BCUT2D eigenvalue weighted by Gasteiger charge is 2.09. The summed E-state index contributed by atoms with van der Waals surface area (Å²) in [4.78, 5) is 0. The molecule has 1 atom stereocenters. The van der Waals surface area contributed by atoms with E-state index in [1.54, 1.807) is 12.1 Å². The van der Waals surface area contributed by atoms with Gasteiger partial charge in [-0.3, -0.25) is 0 Å². The molecule has 2 nitrogen and oxygen atoms in total. The number of rotatable bonds is 4. The number of hydrogen-bond acceptors (Lipinski definition) is 2. The second-order valence-electron chi connectivity index (χ2n) is 5.14. The van der Waals surface area contributed by atoms with Gasteiger partial charge in [-0.25, -0.2) is 4.39 Å². The summed E-state index contributed by atoms with van der Waals surface area (Å²) < 4.78 is 19.3. The Morgan fingerprint density at radius 2 is 1.75 bits per heavy atom. The molecule has 2 rings (SSSR count). The Labute approximate surface area is 118 Å². The molecule has 0 saturated carbocycles. The predicted molar refractivity (Wildman–Crippen MR) is 77.3 cm³/mol. The third kappa shape index (κ3) is 3.58. The minimum Gasteiger partial charge on any atom is -0.489 e. The van der Waals surface area contributed by atoms with Crippen molar-refractivity contribution in [3.8, 4) is 5.75 Å². The molecule has 0 aromatic heterocycles. The van der Waals surface area contributed by atoms with Gasteiger partial charge in [0.2, 0.25) is 0 Å². The van der Waals surface area contributed by atoms with Crippen LogP contribution >= 0.6 is 0 Å². The zero-order valence-electron chi connectivity index (χ0n) is 12.0. The van der Waals surface area contributed by atoms with E-state index in [9.17, 15) is 9.50 Å². The van der Waals surface area contributed by atoms with Crippen LogP contribution in [-0.4, -0.2) is 5.11 Å². The van der Waals surface area contributed by atoms with Crippen molar-refractivity contribution in [1.29, 1.82) is 0 Å². The van der Waals surface area contributed by atoms with Crippen LogP contribution in [0.4, 0.5) is 4.39 Å². The van der Waals surface area contributed by atoms with Gasteiger partial charge in [0, 0.05) is 11.6 Å². The quantitative estimate of drug-likeness (QED) is 0.910. The highest BCUT2D eigenvalue weighted by molar-refractivity contribution is 5.31. The van der Waals surface area contributed by atoms with Gasteiger partial charge in [0.25, 0.3) is 0 Å². The lowest BCUT2D eigenvalue weighted by molar-refractivity contribution is 0.194. The molecule has 0 saturated heterocycles. The number of ether oxygens (including phenoxy) is 1. The van der Waals surface area contributed by atoms with Crippen molar-refractivity contribution in [1.82, 2.24) is 0 Å². The predicted octanol–water partition coefficient (Wildman–Crippen LogP) is 4.07. The van der Waals surface area contributed by atoms with Crippen LogP contribution in [0, 0.1) is 19.7 Å². The minimum atomic E-state index is -0.816. The number of aliphatic hydroxyl groups is 1. The molecule has 0 aliphatic rings. The van der Waals surface area contributed by atoms with E-state index in [0.29, 0.717) is 12.4 Å². The van der Waals surface area contributed by atoms with Crippen molar-refractivity contribution in [3.05, 3.63) is 64.5 Å². The van der Waals surface area contributed by atoms with Crippen molar-refractivity contribution < 1.29 is 14.2 Å². The number of aliphatic hydroxyl groups excluding tert-OH is 1. The van der Waals surface area contributed by atoms with Crippen LogP contribution in [0.5, 0.6) is 5.75 Å². The monoisotopic (exact) mass is 274 g/mol. The molecule has 1 N–H and O–H groups in total. The SMILES string of the molecule is Cc1cc(C)cc(COc2ccc(C(C)O)c(F)c2)c1. The molecular formula is C17H19FO2. The molecule has 0 heterocycles. The van der Waals surface area contributed by atoms with Gasteiger partial charge in [-0.1, -0.05) is 29.3 Å². The average molecular weight is 274 g/mol. The summed E-state index contributed by atoms with van der Waals surface area (Å²) >= 11 is 0. The summed E-state index contributed by atoms with van der Waals surface area (Å²) in [5.74, 6) is 0.0176. The second kappa shape index (κ2) is 6.06. The van der Waals surface area contributed by atoms with Gasteiger partial charge in [-0.15, -0.1) is 0 Å².